The lowest BCUT2D eigenvalue weighted by Crippen LogP contribution is -2.22. The van der Waals surface area contributed by atoms with Crippen molar-refractivity contribution in [1.29, 1.82) is 0 Å². The Bertz CT molecular complexity index is 1390. The van der Waals surface area contributed by atoms with Crippen LogP contribution in [0.5, 0.6) is 5.75 Å². The van der Waals surface area contributed by atoms with Crippen LogP contribution < -0.4 is 15.4 Å². The van der Waals surface area contributed by atoms with Crippen LogP contribution in [0.2, 0.25) is 0 Å². The molecular weight excluding hydrogens is 460 g/mol. The van der Waals surface area contributed by atoms with Gasteiger partial charge >= 0.3 is 5.97 Å². The van der Waals surface area contributed by atoms with E-state index >= 15 is 0 Å². The summed E-state index contributed by atoms with van der Waals surface area (Å²) < 4.78 is 16.1. The van der Waals surface area contributed by atoms with E-state index in [1.54, 1.807) is 18.2 Å². The maximum absolute atomic E-state index is 12.3. The normalized spacial score (nSPS) is 10.8. The van der Waals surface area contributed by atoms with Crippen molar-refractivity contribution < 1.29 is 28.3 Å². The summed E-state index contributed by atoms with van der Waals surface area (Å²) in [4.78, 5) is 44.2. The van der Waals surface area contributed by atoms with Gasteiger partial charge in [-0.05, 0) is 30.3 Å². The van der Waals surface area contributed by atoms with E-state index in [1.165, 1.54) is 20.4 Å². The minimum Gasteiger partial charge on any atom is -0.495 e. The van der Waals surface area contributed by atoms with Crippen LogP contribution in [0.3, 0.4) is 0 Å². The average Bonchev–Trinajstić information content (AvgIpc) is 3.20. The number of thioether (sulfide) groups is 1. The molecule has 0 atom stereocenters. The maximum Gasteiger partial charge on any atom is 0.316 e. The highest BCUT2D eigenvalue weighted by molar-refractivity contribution is 8.00. The van der Waals surface area contributed by atoms with Gasteiger partial charge in [0.1, 0.15) is 28.2 Å². The van der Waals surface area contributed by atoms with Gasteiger partial charge in [-0.15, -0.1) is 0 Å². The molecule has 2 N–H and O–H groups in total. The standard InChI is InChI=1S/C23H20N4O6S/c1-13(28)26-14-7-8-18(31-2)16(9-14)27-19(29)10-32-20(30)11-34-23-22-21(24-12-25-23)15-5-3-4-6-17(15)33-22/h3-9,12H,10-11H2,1-2H3,(H,26,28)(H,27,29). The number of carbonyl (C=O) groups is 3. The van der Waals surface area contributed by atoms with Crippen LogP contribution in [0, 0.1) is 0 Å². The van der Waals surface area contributed by atoms with Gasteiger partial charge < -0.3 is 24.5 Å². The molecule has 11 heteroatoms. The summed E-state index contributed by atoms with van der Waals surface area (Å²) in [5, 5.41) is 6.59. The van der Waals surface area contributed by atoms with E-state index in [-0.39, 0.29) is 11.7 Å². The Morgan fingerprint density at radius 1 is 1.09 bits per heavy atom. The maximum atomic E-state index is 12.3. The third-order valence-electron chi connectivity index (χ3n) is 4.61. The minimum atomic E-state index is -0.595. The van der Waals surface area contributed by atoms with Crippen molar-refractivity contribution in [2.24, 2.45) is 0 Å². The molecule has 2 amide bonds. The molecule has 0 aliphatic rings. The summed E-state index contributed by atoms with van der Waals surface area (Å²) in [7, 11) is 1.45. The highest BCUT2D eigenvalue weighted by Crippen LogP contribution is 2.32. The van der Waals surface area contributed by atoms with E-state index in [0.717, 1.165) is 17.1 Å². The van der Waals surface area contributed by atoms with E-state index < -0.39 is 18.5 Å². The van der Waals surface area contributed by atoms with Gasteiger partial charge in [0.2, 0.25) is 5.91 Å². The van der Waals surface area contributed by atoms with Crippen LogP contribution in [-0.2, 0) is 19.1 Å². The first-order valence-corrected chi connectivity index (χ1v) is 11.1. The zero-order chi connectivity index (χ0) is 24.1. The summed E-state index contributed by atoms with van der Waals surface area (Å²) in [6.07, 6.45) is 1.41. The summed E-state index contributed by atoms with van der Waals surface area (Å²) in [6.45, 7) is 0.886. The molecule has 4 aromatic rings. The van der Waals surface area contributed by atoms with Crippen LogP contribution in [-0.4, -0.2) is 47.2 Å². The summed E-state index contributed by atoms with van der Waals surface area (Å²) in [5.74, 6) is -1.08. The number of carbonyl (C=O) groups excluding carboxylic acids is 3. The fourth-order valence-corrected chi connectivity index (χ4v) is 3.92. The minimum absolute atomic E-state index is 0.0717. The number of amides is 2. The fourth-order valence-electron chi connectivity index (χ4n) is 3.19. The van der Waals surface area contributed by atoms with Crippen LogP contribution >= 0.6 is 11.8 Å². The van der Waals surface area contributed by atoms with Gasteiger partial charge in [-0.3, -0.25) is 14.4 Å². The molecule has 174 valence electrons. The molecule has 0 spiro atoms. The molecule has 0 unspecified atom stereocenters. The predicted octanol–water partition coefficient (Wildman–Crippen LogP) is 3.62. The Kier molecular flexibility index (Phi) is 6.93. The Labute approximate surface area is 198 Å². The monoisotopic (exact) mass is 480 g/mol. The number of para-hydroxylation sites is 1. The molecule has 34 heavy (non-hydrogen) atoms. The highest BCUT2D eigenvalue weighted by Gasteiger charge is 2.16. The lowest BCUT2D eigenvalue weighted by atomic mass is 10.2. The Morgan fingerprint density at radius 3 is 2.71 bits per heavy atom. The number of nitrogens with one attached hydrogen (secondary N) is 2. The van der Waals surface area contributed by atoms with E-state index in [0.29, 0.717) is 38.8 Å². The number of esters is 1. The number of rotatable bonds is 8. The second kappa shape index (κ2) is 10.2. The van der Waals surface area contributed by atoms with Gasteiger partial charge in [-0.2, -0.15) is 0 Å². The number of aromatic nitrogens is 2. The van der Waals surface area contributed by atoms with Crippen LogP contribution in [0.15, 0.2) is 58.2 Å². The third-order valence-corrected chi connectivity index (χ3v) is 5.55. The Hall–Kier alpha value is -4.12. The van der Waals surface area contributed by atoms with Crippen LogP contribution in [0.1, 0.15) is 6.92 Å². The SMILES string of the molecule is COc1ccc(NC(C)=O)cc1NC(=O)COC(=O)CSc1ncnc2c1oc1ccccc12. The lowest BCUT2D eigenvalue weighted by Gasteiger charge is -2.12. The largest absolute Gasteiger partial charge is 0.495 e. The predicted molar refractivity (Wildman–Crippen MR) is 127 cm³/mol. The topological polar surface area (TPSA) is 133 Å². The number of fused-ring (bicyclic) bond motifs is 3. The molecule has 2 aromatic heterocycles. The van der Waals surface area contributed by atoms with Gasteiger partial charge in [-0.25, -0.2) is 9.97 Å². The van der Waals surface area contributed by atoms with Crippen LogP contribution in [0.25, 0.3) is 22.1 Å². The van der Waals surface area contributed by atoms with Gasteiger partial charge in [0.25, 0.3) is 5.91 Å². The van der Waals surface area contributed by atoms with E-state index in [9.17, 15) is 14.4 Å². The number of furan rings is 1. The number of methoxy groups -OCH3 is 1. The second-order valence-corrected chi connectivity index (χ2v) is 8.01. The summed E-state index contributed by atoms with van der Waals surface area (Å²) in [6, 6.07) is 12.3. The average molecular weight is 481 g/mol. The molecule has 0 saturated carbocycles. The van der Waals surface area contributed by atoms with Crippen molar-refractivity contribution in [3.8, 4) is 5.75 Å². The molecular formula is C23H20N4O6S. The van der Waals surface area contributed by atoms with Crippen molar-refractivity contribution >= 4 is 63.0 Å². The molecule has 0 aliphatic heterocycles. The number of nitrogens with zero attached hydrogens (tertiary/aromatic N) is 2. The Balaban J connectivity index is 1.34. The molecule has 2 heterocycles. The molecule has 10 nitrogen and oxygen atoms in total. The van der Waals surface area contributed by atoms with E-state index in [4.69, 9.17) is 13.9 Å². The third kappa shape index (κ3) is 5.26. The van der Waals surface area contributed by atoms with Crippen molar-refractivity contribution in [2.75, 3.05) is 30.1 Å². The van der Waals surface area contributed by atoms with Gasteiger partial charge in [0.05, 0.1) is 18.6 Å². The molecule has 0 saturated heterocycles. The molecule has 2 aromatic carbocycles. The van der Waals surface area contributed by atoms with Gasteiger partial charge in [0, 0.05) is 18.0 Å². The lowest BCUT2D eigenvalue weighted by molar-refractivity contribution is -0.144. The molecule has 0 radical (unpaired) electrons. The van der Waals surface area contributed by atoms with E-state index in [2.05, 4.69) is 20.6 Å². The summed E-state index contributed by atoms with van der Waals surface area (Å²) in [5.41, 5.74) is 2.65. The van der Waals surface area contributed by atoms with Gasteiger partial charge in [0.15, 0.2) is 12.2 Å². The molecule has 0 bridgehead atoms. The molecule has 4 rings (SSSR count). The number of ether oxygens (including phenoxy) is 2. The quantitative estimate of drug-likeness (QED) is 0.220. The van der Waals surface area contributed by atoms with E-state index in [1.807, 2.05) is 24.3 Å². The van der Waals surface area contributed by atoms with Crippen molar-refractivity contribution in [1.82, 2.24) is 9.97 Å². The highest BCUT2D eigenvalue weighted by atomic mass is 32.2. The van der Waals surface area contributed by atoms with Crippen molar-refractivity contribution in [3.05, 3.63) is 48.8 Å². The molecule has 0 aliphatic carbocycles. The number of benzene rings is 2. The first-order chi connectivity index (χ1) is 16.4. The fraction of sp³-hybridized carbons (Fsp3) is 0.174. The summed E-state index contributed by atoms with van der Waals surface area (Å²) >= 11 is 1.13. The Morgan fingerprint density at radius 2 is 1.91 bits per heavy atom. The number of hydrogen-bond donors (Lipinski definition) is 2. The zero-order valence-corrected chi connectivity index (χ0v) is 19.1. The number of anilines is 2. The first kappa shape index (κ1) is 23.1. The number of hydrogen-bond acceptors (Lipinski definition) is 9. The smallest absolute Gasteiger partial charge is 0.316 e. The van der Waals surface area contributed by atoms with Crippen molar-refractivity contribution in [3.63, 3.8) is 0 Å². The first-order valence-electron chi connectivity index (χ1n) is 10.1. The van der Waals surface area contributed by atoms with Gasteiger partial charge in [-0.1, -0.05) is 23.9 Å². The van der Waals surface area contributed by atoms with Crippen molar-refractivity contribution in [2.45, 2.75) is 11.9 Å². The second-order valence-electron chi connectivity index (χ2n) is 7.05. The zero-order valence-electron chi connectivity index (χ0n) is 18.3. The van der Waals surface area contributed by atoms with Crippen LogP contribution in [0.4, 0.5) is 11.4 Å². The molecule has 0 fully saturated rings.